The molecule has 1 aromatic heterocycles. The van der Waals surface area contributed by atoms with Crippen LogP contribution in [0.3, 0.4) is 0 Å². The van der Waals surface area contributed by atoms with Crippen molar-refractivity contribution in [2.75, 3.05) is 18.0 Å². The summed E-state index contributed by atoms with van der Waals surface area (Å²) in [7, 11) is 1.54. The van der Waals surface area contributed by atoms with Crippen molar-refractivity contribution < 1.29 is 4.79 Å². The molecule has 1 saturated heterocycles. The van der Waals surface area contributed by atoms with Gasteiger partial charge in [0.25, 0.3) is 5.56 Å². The van der Waals surface area contributed by atoms with E-state index in [9.17, 15) is 9.59 Å². The molecule has 0 N–H and O–H groups in total. The Hall–Kier alpha value is -1.65. The van der Waals surface area contributed by atoms with Crippen LogP contribution in [-0.2, 0) is 7.05 Å². The Morgan fingerprint density at radius 1 is 1.40 bits per heavy atom. The van der Waals surface area contributed by atoms with E-state index in [1.807, 2.05) is 4.90 Å². The van der Waals surface area contributed by atoms with E-state index in [0.29, 0.717) is 12.0 Å². The third kappa shape index (κ3) is 1.65. The molecule has 2 rings (SSSR count). The lowest BCUT2D eigenvalue weighted by atomic mass is 10.2. The monoisotopic (exact) mass is 207 g/mol. The minimum atomic E-state index is -0.325. The molecule has 0 amide bonds. The van der Waals surface area contributed by atoms with E-state index in [-0.39, 0.29) is 11.1 Å². The summed E-state index contributed by atoms with van der Waals surface area (Å²) < 4.78 is 1.18. The summed E-state index contributed by atoms with van der Waals surface area (Å²) in [5.74, 6) is 0. The van der Waals surface area contributed by atoms with Crippen LogP contribution in [0.25, 0.3) is 0 Å². The molecule has 0 saturated carbocycles. The van der Waals surface area contributed by atoms with E-state index in [0.717, 1.165) is 25.9 Å². The summed E-state index contributed by atoms with van der Waals surface area (Å²) in [6.45, 7) is 1.80. The molecule has 0 aliphatic carbocycles. The van der Waals surface area contributed by atoms with Crippen LogP contribution in [0, 0.1) is 0 Å². The lowest BCUT2D eigenvalue weighted by Crippen LogP contribution is -2.29. The number of hydrogen-bond acceptors (Lipinski definition) is 4. The second-order valence-electron chi connectivity index (χ2n) is 3.68. The molecule has 0 spiro atoms. The molecule has 1 aromatic rings. The van der Waals surface area contributed by atoms with Crippen molar-refractivity contribution in [1.82, 2.24) is 9.78 Å². The summed E-state index contributed by atoms with van der Waals surface area (Å²) in [5, 5.41) is 3.94. The van der Waals surface area contributed by atoms with Gasteiger partial charge in [-0.3, -0.25) is 9.59 Å². The molecule has 1 aliphatic rings. The Bertz CT molecular complexity index is 433. The molecule has 0 radical (unpaired) electrons. The van der Waals surface area contributed by atoms with Crippen LogP contribution in [0.2, 0.25) is 0 Å². The number of nitrogens with zero attached hydrogens (tertiary/aromatic N) is 3. The first-order valence-corrected chi connectivity index (χ1v) is 5.00. The SMILES string of the molecule is Cn1ncc(N2CCCC2)c(C=O)c1=O. The lowest BCUT2D eigenvalue weighted by Gasteiger charge is -2.18. The number of aromatic nitrogens is 2. The van der Waals surface area contributed by atoms with Gasteiger partial charge >= 0.3 is 0 Å². The Balaban J connectivity index is 2.51. The minimum Gasteiger partial charge on any atom is -0.369 e. The normalized spacial score (nSPS) is 15.7. The molecule has 80 valence electrons. The molecule has 5 heteroatoms. The summed E-state index contributed by atoms with van der Waals surface area (Å²) in [6.07, 6.45) is 4.43. The molecular formula is C10H13N3O2. The summed E-state index contributed by atoms with van der Waals surface area (Å²) >= 11 is 0. The predicted octanol–water partition coefficient (Wildman–Crippen LogP) is 0.193. The van der Waals surface area contributed by atoms with Crippen molar-refractivity contribution >= 4 is 12.0 Å². The predicted molar refractivity (Wildman–Crippen MR) is 56.3 cm³/mol. The third-order valence-electron chi connectivity index (χ3n) is 2.72. The van der Waals surface area contributed by atoms with E-state index >= 15 is 0 Å². The van der Waals surface area contributed by atoms with Gasteiger partial charge in [0, 0.05) is 20.1 Å². The number of hydrogen-bond donors (Lipinski definition) is 0. The summed E-state index contributed by atoms with van der Waals surface area (Å²) in [5.41, 5.74) is 0.564. The molecule has 1 aliphatic heterocycles. The maximum atomic E-state index is 11.6. The number of aryl methyl sites for hydroxylation is 1. The van der Waals surface area contributed by atoms with Gasteiger partial charge in [-0.2, -0.15) is 5.10 Å². The second-order valence-corrected chi connectivity index (χ2v) is 3.68. The number of aldehydes is 1. The van der Waals surface area contributed by atoms with E-state index in [1.165, 1.54) is 4.68 Å². The van der Waals surface area contributed by atoms with Crippen molar-refractivity contribution in [2.45, 2.75) is 12.8 Å². The Morgan fingerprint density at radius 2 is 2.07 bits per heavy atom. The zero-order valence-electron chi connectivity index (χ0n) is 8.64. The van der Waals surface area contributed by atoms with Gasteiger partial charge < -0.3 is 4.90 Å². The average Bonchev–Trinajstić information content (AvgIpc) is 2.75. The third-order valence-corrected chi connectivity index (χ3v) is 2.72. The topological polar surface area (TPSA) is 55.2 Å². The van der Waals surface area contributed by atoms with Gasteiger partial charge in [0.05, 0.1) is 11.9 Å². The fourth-order valence-electron chi connectivity index (χ4n) is 1.87. The molecule has 0 unspecified atom stereocenters. The van der Waals surface area contributed by atoms with Crippen LogP contribution in [-0.4, -0.2) is 29.2 Å². The van der Waals surface area contributed by atoms with Crippen molar-refractivity contribution in [3.8, 4) is 0 Å². The number of carbonyl (C=O) groups excluding carboxylic acids is 1. The largest absolute Gasteiger partial charge is 0.369 e. The highest BCUT2D eigenvalue weighted by atomic mass is 16.1. The van der Waals surface area contributed by atoms with Crippen LogP contribution in [0.1, 0.15) is 23.2 Å². The second kappa shape index (κ2) is 3.84. The van der Waals surface area contributed by atoms with Crippen LogP contribution in [0.15, 0.2) is 11.0 Å². The molecule has 15 heavy (non-hydrogen) atoms. The Kier molecular flexibility index (Phi) is 2.53. The molecular weight excluding hydrogens is 194 g/mol. The van der Waals surface area contributed by atoms with Gasteiger partial charge in [0.2, 0.25) is 0 Å². The zero-order valence-corrected chi connectivity index (χ0v) is 8.64. The van der Waals surface area contributed by atoms with E-state index in [1.54, 1.807) is 13.2 Å². The van der Waals surface area contributed by atoms with Crippen molar-refractivity contribution in [3.05, 3.63) is 22.1 Å². The number of carbonyl (C=O) groups is 1. The first kappa shape index (κ1) is 9.89. The molecule has 0 aromatic carbocycles. The van der Waals surface area contributed by atoms with Crippen LogP contribution in [0.5, 0.6) is 0 Å². The fraction of sp³-hybridized carbons (Fsp3) is 0.500. The molecule has 1 fully saturated rings. The van der Waals surface area contributed by atoms with Crippen LogP contribution in [0.4, 0.5) is 5.69 Å². The lowest BCUT2D eigenvalue weighted by molar-refractivity contribution is 0.112. The maximum Gasteiger partial charge on any atom is 0.279 e. The quantitative estimate of drug-likeness (QED) is 0.650. The van der Waals surface area contributed by atoms with Crippen LogP contribution < -0.4 is 10.5 Å². The van der Waals surface area contributed by atoms with Crippen molar-refractivity contribution in [1.29, 1.82) is 0 Å². The molecule has 5 nitrogen and oxygen atoms in total. The smallest absolute Gasteiger partial charge is 0.279 e. The average molecular weight is 207 g/mol. The van der Waals surface area contributed by atoms with Crippen molar-refractivity contribution in [2.24, 2.45) is 7.05 Å². The zero-order chi connectivity index (χ0) is 10.8. The van der Waals surface area contributed by atoms with Gasteiger partial charge in [-0.1, -0.05) is 0 Å². The van der Waals surface area contributed by atoms with Gasteiger partial charge in [0.15, 0.2) is 6.29 Å². The number of anilines is 1. The minimum absolute atomic E-state index is 0.217. The first-order valence-electron chi connectivity index (χ1n) is 5.00. The highest BCUT2D eigenvalue weighted by Crippen LogP contribution is 2.19. The van der Waals surface area contributed by atoms with E-state index < -0.39 is 0 Å². The molecule has 0 bridgehead atoms. The van der Waals surface area contributed by atoms with E-state index in [2.05, 4.69) is 5.10 Å². The fourth-order valence-corrected chi connectivity index (χ4v) is 1.87. The first-order chi connectivity index (χ1) is 7.24. The molecule has 0 atom stereocenters. The van der Waals surface area contributed by atoms with E-state index in [4.69, 9.17) is 0 Å². The molecule has 2 heterocycles. The number of rotatable bonds is 2. The summed E-state index contributed by atoms with van der Waals surface area (Å²) in [4.78, 5) is 24.5. The summed E-state index contributed by atoms with van der Waals surface area (Å²) in [6, 6.07) is 0. The standard InChI is InChI=1S/C10H13N3O2/c1-12-10(15)8(7-14)9(6-11-12)13-4-2-3-5-13/h6-7H,2-5H2,1H3. The maximum absolute atomic E-state index is 11.6. The van der Waals surface area contributed by atoms with Gasteiger partial charge in [-0.25, -0.2) is 4.68 Å². The van der Waals surface area contributed by atoms with Gasteiger partial charge in [0.1, 0.15) is 5.56 Å². The van der Waals surface area contributed by atoms with Gasteiger partial charge in [-0.15, -0.1) is 0 Å². The highest BCUT2D eigenvalue weighted by molar-refractivity contribution is 5.83. The Morgan fingerprint density at radius 3 is 2.67 bits per heavy atom. The van der Waals surface area contributed by atoms with Crippen LogP contribution >= 0.6 is 0 Å². The highest BCUT2D eigenvalue weighted by Gasteiger charge is 2.18. The van der Waals surface area contributed by atoms with Crippen molar-refractivity contribution in [3.63, 3.8) is 0 Å². The van der Waals surface area contributed by atoms with Gasteiger partial charge in [-0.05, 0) is 12.8 Å². The Labute approximate surface area is 87.3 Å².